The Labute approximate surface area is 120 Å². The number of rotatable bonds is 3. The second kappa shape index (κ2) is 5.85. The van der Waals surface area contributed by atoms with E-state index in [0.29, 0.717) is 0 Å². The fourth-order valence-electron chi connectivity index (χ4n) is 2.10. The zero-order valence-electron chi connectivity index (χ0n) is 11.0. The highest BCUT2D eigenvalue weighted by atomic mass is 35.5. The molecule has 106 valence electrons. The Bertz CT molecular complexity index is 643. The quantitative estimate of drug-likeness (QED) is 0.887. The van der Waals surface area contributed by atoms with Gasteiger partial charge in [-0.25, -0.2) is 13.2 Å². The summed E-state index contributed by atoms with van der Waals surface area (Å²) in [6.07, 6.45) is 0. The van der Waals surface area contributed by atoms with Crippen LogP contribution in [-0.4, -0.2) is 7.05 Å². The molecule has 0 spiro atoms. The van der Waals surface area contributed by atoms with Crippen LogP contribution in [0.2, 0.25) is 5.02 Å². The number of benzene rings is 2. The minimum atomic E-state index is -0.973. The molecule has 0 fully saturated rings. The molecular formula is C15H13ClF3N. The molecule has 2 aromatic rings. The SMILES string of the molecule is CNC(c1ccc(Cl)cc1F)c1ccc(C)c(F)c1F. The maximum atomic E-state index is 14.0. The first-order valence-electron chi connectivity index (χ1n) is 6.02. The molecule has 1 N–H and O–H groups in total. The summed E-state index contributed by atoms with van der Waals surface area (Å²) in [6.45, 7) is 1.47. The molecule has 2 rings (SSSR count). The summed E-state index contributed by atoms with van der Waals surface area (Å²) in [7, 11) is 1.55. The van der Waals surface area contributed by atoms with Crippen LogP contribution in [0.5, 0.6) is 0 Å². The lowest BCUT2D eigenvalue weighted by Crippen LogP contribution is -2.21. The highest BCUT2D eigenvalue weighted by Gasteiger charge is 2.22. The second-order valence-electron chi connectivity index (χ2n) is 4.49. The smallest absolute Gasteiger partial charge is 0.164 e. The summed E-state index contributed by atoms with van der Waals surface area (Å²) >= 11 is 5.69. The Morgan fingerprint density at radius 1 is 1.00 bits per heavy atom. The summed E-state index contributed by atoms with van der Waals surface area (Å²) in [5, 5.41) is 3.04. The average Bonchev–Trinajstić information content (AvgIpc) is 2.41. The normalized spacial score (nSPS) is 12.5. The van der Waals surface area contributed by atoms with Crippen LogP contribution in [0.3, 0.4) is 0 Å². The van der Waals surface area contributed by atoms with Gasteiger partial charge in [0, 0.05) is 16.1 Å². The molecular weight excluding hydrogens is 287 g/mol. The van der Waals surface area contributed by atoms with Crippen LogP contribution in [0.4, 0.5) is 13.2 Å². The average molecular weight is 300 g/mol. The van der Waals surface area contributed by atoms with Crippen LogP contribution < -0.4 is 5.32 Å². The molecule has 1 nitrogen and oxygen atoms in total. The first kappa shape index (κ1) is 14.9. The molecule has 20 heavy (non-hydrogen) atoms. The molecule has 0 aliphatic rings. The van der Waals surface area contributed by atoms with Gasteiger partial charge in [0.25, 0.3) is 0 Å². The predicted molar refractivity (Wildman–Crippen MR) is 73.4 cm³/mol. The zero-order chi connectivity index (χ0) is 14.9. The van der Waals surface area contributed by atoms with E-state index in [9.17, 15) is 13.2 Å². The number of nitrogens with one attached hydrogen (secondary N) is 1. The van der Waals surface area contributed by atoms with Crippen molar-refractivity contribution in [3.63, 3.8) is 0 Å². The van der Waals surface area contributed by atoms with Crippen LogP contribution in [0.15, 0.2) is 30.3 Å². The van der Waals surface area contributed by atoms with Crippen molar-refractivity contribution < 1.29 is 13.2 Å². The van der Waals surface area contributed by atoms with Crippen LogP contribution in [0.1, 0.15) is 22.7 Å². The number of aryl methyl sites for hydroxylation is 1. The molecule has 5 heteroatoms. The largest absolute Gasteiger partial charge is 0.309 e. The summed E-state index contributed by atoms with van der Waals surface area (Å²) in [5.74, 6) is -2.46. The van der Waals surface area contributed by atoms with Crippen molar-refractivity contribution in [3.8, 4) is 0 Å². The lowest BCUT2D eigenvalue weighted by molar-refractivity contribution is 0.478. The van der Waals surface area contributed by atoms with Crippen molar-refractivity contribution in [2.45, 2.75) is 13.0 Å². The highest BCUT2D eigenvalue weighted by Crippen LogP contribution is 2.29. The third-order valence-corrected chi connectivity index (χ3v) is 3.41. The molecule has 0 bridgehead atoms. The van der Waals surface area contributed by atoms with Crippen molar-refractivity contribution in [2.24, 2.45) is 0 Å². The molecule has 0 saturated carbocycles. The van der Waals surface area contributed by atoms with Crippen molar-refractivity contribution >= 4 is 11.6 Å². The fourth-order valence-corrected chi connectivity index (χ4v) is 2.26. The van der Waals surface area contributed by atoms with E-state index in [0.717, 1.165) is 6.07 Å². The summed E-state index contributed by atoms with van der Waals surface area (Å²) in [6, 6.07) is 6.23. The molecule has 0 aliphatic carbocycles. The van der Waals surface area contributed by atoms with Gasteiger partial charge in [0.15, 0.2) is 11.6 Å². The third kappa shape index (κ3) is 2.67. The Kier molecular flexibility index (Phi) is 4.35. The number of hydrogen-bond donors (Lipinski definition) is 1. The Morgan fingerprint density at radius 3 is 2.25 bits per heavy atom. The van der Waals surface area contributed by atoms with E-state index in [1.54, 1.807) is 7.05 Å². The molecule has 0 heterocycles. The molecule has 0 radical (unpaired) electrons. The predicted octanol–water partition coefficient (Wildman–Crippen LogP) is 4.37. The first-order chi connectivity index (χ1) is 9.45. The summed E-state index contributed by atoms with van der Waals surface area (Å²) < 4.78 is 41.6. The van der Waals surface area contributed by atoms with Crippen LogP contribution in [-0.2, 0) is 0 Å². The minimum Gasteiger partial charge on any atom is -0.309 e. The van der Waals surface area contributed by atoms with Gasteiger partial charge in [-0.05, 0) is 31.7 Å². The van der Waals surface area contributed by atoms with Crippen molar-refractivity contribution in [2.75, 3.05) is 7.05 Å². The number of hydrogen-bond acceptors (Lipinski definition) is 1. The lowest BCUT2D eigenvalue weighted by Gasteiger charge is -2.19. The molecule has 0 saturated heterocycles. The van der Waals surface area contributed by atoms with Crippen molar-refractivity contribution in [1.29, 1.82) is 0 Å². The van der Waals surface area contributed by atoms with Crippen LogP contribution in [0, 0.1) is 24.4 Å². The number of halogens is 4. The van der Waals surface area contributed by atoms with Gasteiger partial charge in [0.2, 0.25) is 0 Å². The van der Waals surface area contributed by atoms with Gasteiger partial charge < -0.3 is 5.32 Å². The highest BCUT2D eigenvalue weighted by molar-refractivity contribution is 6.30. The van der Waals surface area contributed by atoms with Crippen LogP contribution >= 0.6 is 11.6 Å². The summed E-state index contributed by atoms with van der Waals surface area (Å²) in [4.78, 5) is 0. The van der Waals surface area contributed by atoms with Crippen molar-refractivity contribution in [1.82, 2.24) is 5.32 Å². The fraction of sp³-hybridized carbons (Fsp3) is 0.200. The van der Waals surface area contributed by atoms with Gasteiger partial charge in [-0.15, -0.1) is 0 Å². The van der Waals surface area contributed by atoms with Gasteiger partial charge in [-0.3, -0.25) is 0 Å². The van der Waals surface area contributed by atoms with E-state index < -0.39 is 23.5 Å². The van der Waals surface area contributed by atoms with Crippen molar-refractivity contribution in [3.05, 3.63) is 69.5 Å². The Morgan fingerprint density at radius 2 is 1.65 bits per heavy atom. The van der Waals surface area contributed by atoms with E-state index in [1.807, 2.05) is 0 Å². The topological polar surface area (TPSA) is 12.0 Å². The Hall–Kier alpha value is -1.52. The molecule has 2 aromatic carbocycles. The van der Waals surface area contributed by atoms with Gasteiger partial charge in [0.1, 0.15) is 5.82 Å². The lowest BCUT2D eigenvalue weighted by atomic mass is 9.96. The molecule has 1 unspecified atom stereocenters. The molecule has 0 aliphatic heterocycles. The maximum absolute atomic E-state index is 14.0. The van der Waals surface area contributed by atoms with E-state index in [-0.39, 0.29) is 21.7 Å². The van der Waals surface area contributed by atoms with E-state index in [2.05, 4.69) is 5.32 Å². The van der Waals surface area contributed by atoms with E-state index in [1.165, 1.54) is 31.2 Å². The second-order valence-corrected chi connectivity index (χ2v) is 4.92. The first-order valence-corrected chi connectivity index (χ1v) is 6.40. The zero-order valence-corrected chi connectivity index (χ0v) is 11.7. The minimum absolute atomic E-state index is 0.0526. The summed E-state index contributed by atoms with van der Waals surface area (Å²) in [5.41, 5.74) is 0.466. The van der Waals surface area contributed by atoms with Crippen LogP contribution in [0.25, 0.3) is 0 Å². The van der Waals surface area contributed by atoms with E-state index in [4.69, 9.17) is 11.6 Å². The standard InChI is InChI=1S/C15H13ClF3N/c1-8-3-5-11(14(19)13(8)18)15(20-2)10-6-4-9(16)7-12(10)17/h3-7,15,20H,1-2H3. The van der Waals surface area contributed by atoms with Gasteiger partial charge >= 0.3 is 0 Å². The maximum Gasteiger partial charge on any atom is 0.164 e. The molecule has 1 atom stereocenters. The van der Waals surface area contributed by atoms with Gasteiger partial charge in [-0.2, -0.15) is 0 Å². The van der Waals surface area contributed by atoms with E-state index >= 15 is 0 Å². The van der Waals surface area contributed by atoms with Gasteiger partial charge in [-0.1, -0.05) is 29.8 Å². The third-order valence-electron chi connectivity index (χ3n) is 3.18. The molecule has 0 aromatic heterocycles. The molecule has 0 amide bonds. The Balaban J connectivity index is 2.55. The van der Waals surface area contributed by atoms with Gasteiger partial charge in [0.05, 0.1) is 6.04 Å². The monoisotopic (exact) mass is 299 g/mol.